The van der Waals surface area contributed by atoms with Gasteiger partial charge >= 0.3 is 5.97 Å². The number of nitrogens with one attached hydrogen (secondary N) is 1. The molecule has 0 bridgehead atoms. The standard InChI is InChI=1S/C26H32N2O7/c1-6-35-22(30)13-19-25(32)28(15-26(19)12-11-20(29)21(14-26)34-5)23(16(2)3)24(31)27-17-7-9-18(33-4)10-8-17/h7-12,14,16,19,23H,6,13,15H2,1-5H3,(H,27,31)/t19-,23?,26+/m0/s1. The van der Waals surface area contributed by atoms with Crippen molar-refractivity contribution in [3.63, 3.8) is 0 Å². The maximum absolute atomic E-state index is 13.7. The zero-order valence-electron chi connectivity index (χ0n) is 20.7. The van der Waals surface area contributed by atoms with Gasteiger partial charge in [0.2, 0.25) is 17.6 Å². The van der Waals surface area contributed by atoms with E-state index in [4.69, 9.17) is 14.2 Å². The van der Waals surface area contributed by atoms with Crippen molar-refractivity contribution in [3.8, 4) is 5.75 Å². The number of carbonyl (C=O) groups excluding carboxylic acids is 4. The van der Waals surface area contributed by atoms with Crippen molar-refractivity contribution in [1.29, 1.82) is 0 Å². The molecule has 1 unspecified atom stereocenters. The summed E-state index contributed by atoms with van der Waals surface area (Å²) in [4.78, 5) is 53.2. The summed E-state index contributed by atoms with van der Waals surface area (Å²) in [6.45, 7) is 5.70. The molecule has 1 aliphatic heterocycles. The van der Waals surface area contributed by atoms with Gasteiger partial charge in [-0.15, -0.1) is 0 Å². The lowest BCUT2D eigenvalue weighted by Crippen LogP contribution is -2.49. The highest BCUT2D eigenvalue weighted by atomic mass is 16.5. The predicted octanol–water partition coefficient (Wildman–Crippen LogP) is 2.73. The van der Waals surface area contributed by atoms with Crippen molar-refractivity contribution in [1.82, 2.24) is 4.90 Å². The number of nitrogens with zero attached hydrogens (tertiary/aromatic N) is 1. The minimum atomic E-state index is -0.989. The zero-order valence-corrected chi connectivity index (χ0v) is 20.7. The van der Waals surface area contributed by atoms with Gasteiger partial charge in [-0.2, -0.15) is 0 Å². The third-order valence-corrected chi connectivity index (χ3v) is 6.35. The molecule has 1 fully saturated rings. The molecule has 188 valence electrons. The van der Waals surface area contributed by atoms with Crippen LogP contribution in [-0.4, -0.2) is 61.9 Å². The molecule has 3 rings (SSSR count). The SMILES string of the molecule is CCOC(=O)C[C@H]1C(=O)N(C(C(=O)Nc2ccc(OC)cc2)C(C)C)C[C@]12C=CC(=O)C(OC)=C2. The summed E-state index contributed by atoms with van der Waals surface area (Å²) in [7, 11) is 2.94. The van der Waals surface area contributed by atoms with Gasteiger partial charge in [-0.05, 0) is 49.3 Å². The van der Waals surface area contributed by atoms with Gasteiger partial charge < -0.3 is 24.4 Å². The minimum Gasteiger partial charge on any atom is -0.497 e. The number of methoxy groups -OCH3 is 2. The average Bonchev–Trinajstić information content (AvgIpc) is 3.07. The summed E-state index contributed by atoms with van der Waals surface area (Å²) in [5.74, 6) is -1.86. The van der Waals surface area contributed by atoms with Crippen LogP contribution in [0.3, 0.4) is 0 Å². The molecule has 1 heterocycles. The number of allylic oxidation sites excluding steroid dienone is 1. The van der Waals surface area contributed by atoms with Crippen LogP contribution in [0.25, 0.3) is 0 Å². The first-order valence-electron chi connectivity index (χ1n) is 11.6. The Kier molecular flexibility index (Phi) is 7.99. The molecule has 1 spiro atoms. The van der Waals surface area contributed by atoms with Crippen LogP contribution >= 0.6 is 0 Å². The van der Waals surface area contributed by atoms with Crippen LogP contribution < -0.4 is 10.1 Å². The van der Waals surface area contributed by atoms with Crippen molar-refractivity contribution >= 4 is 29.3 Å². The number of carbonyl (C=O) groups is 4. The zero-order chi connectivity index (χ0) is 25.8. The van der Waals surface area contributed by atoms with E-state index in [-0.39, 0.29) is 48.8 Å². The van der Waals surface area contributed by atoms with E-state index in [2.05, 4.69) is 5.32 Å². The van der Waals surface area contributed by atoms with Crippen LogP contribution in [0.2, 0.25) is 0 Å². The summed E-state index contributed by atoms with van der Waals surface area (Å²) in [6, 6.07) is 6.08. The van der Waals surface area contributed by atoms with E-state index in [0.717, 1.165) is 0 Å². The Balaban J connectivity index is 1.95. The molecule has 3 atom stereocenters. The van der Waals surface area contributed by atoms with Gasteiger partial charge in [0.25, 0.3) is 0 Å². The van der Waals surface area contributed by atoms with Gasteiger partial charge in [-0.25, -0.2) is 0 Å². The topological polar surface area (TPSA) is 111 Å². The van der Waals surface area contributed by atoms with E-state index in [1.54, 1.807) is 50.5 Å². The summed E-state index contributed by atoms with van der Waals surface area (Å²) in [6.07, 6.45) is 4.41. The van der Waals surface area contributed by atoms with E-state index in [1.165, 1.54) is 18.1 Å². The summed E-state index contributed by atoms with van der Waals surface area (Å²) >= 11 is 0. The van der Waals surface area contributed by atoms with Crippen molar-refractivity contribution in [2.24, 2.45) is 17.3 Å². The van der Waals surface area contributed by atoms with Crippen molar-refractivity contribution in [2.75, 3.05) is 32.7 Å². The summed E-state index contributed by atoms with van der Waals surface area (Å²) < 4.78 is 15.5. The molecule has 1 N–H and O–H groups in total. The van der Waals surface area contributed by atoms with Crippen molar-refractivity contribution in [2.45, 2.75) is 33.2 Å². The number of ether oxygens (including phenoxy) is 3. The van der Waals surface area contributed by atoms with Crippen LogP contribution in [0.4, 0.5) is 5.69 Å². The Morgan fingerprint density at radius 1 is 1.14 bits per heavy atom. The number of rotatable bonds is 9. The maximum atomic E-state index is 13.7. The molecule has 35 heavy (non-hydrogen) atoms. The molecule has 9 heteroatoms. The molecule has 2 amide bonds. The van der Waals surface area contributed by atoms with Gasteiger partial charge in [0.15, 0.2) is 5.76 Å². The van der Waals surface area contributed by atoms with Crippen molar-refractivity contribution < 1.29 is 33.4 Å². The molecule has 9 nitrogen and oxygen atoms in total. The van der Waals surface area contributed by atoms with Gasteiger partial charge in [-0.3, -0.25) is 19.2 Å². The molecule has 2 aliphatic rings. The fourth-order valence-corrected chi connectivity index (χ4v) is 4.66. The highest BCUT2D eigenvalue weighted by Crippen LogP contribution is 2.46. The Hall–Kier alpha value is -3.62. The van der Waals surface area contributed by atoms with Crippen molar-refractivity contribution in [3.05, 3.63) is 48.3 Å². The van der Waals surface area contributed by atoms with Gasteiger partial charge in [0, 0.05) is 17.6 Å². The maximum Gasteiger partial charge on any atom is 0.306 e. The molecule has 0 saturated carbocycles. The second-order valence-electron chi connectivity index (χ2n) is 8.96. The Bertz CT molecular complexity index is 1040. The molecular formula is C26H32N2O7. The third-order valence-electron chi connectivity index (χ3n) is 6.35. The largest absolute Gasteiger partial charge is 0.497 e. The first-order valence-corrected chi connectivity index (χ1v) is 11.6. The number of likely N-dealkylation sites (tertiary alicyclic amines) is 1. The number of esters is 1. The smallest absolute Gasteiger partial charge is 0.306 e. The molecule has 1 aromatic carbocycles. The fourth-order valence-electron chi connectivity index (χ4n) is 4.66. The summed E-state index contributed by atoms with van der Waals surface area (Å²) in [5.41, 5.74) is -0.424. The van der Waals surface area contributed by atoms with Gasteiger partial charge in [0.05, 0.1) is 33.2 Å². The van der Waals surface area contributed by atoms with Crippen LogP contribution in [-0.2, 0) is 28.7 Å². The highest BCUT2D eigenvalue weighted by Gasteiger charge is 2.55. The Labute approximate surface area is 205 Å². The lowest BCUT2D eigenvalue weighted by atomic mass is 9.73. The highest BCUT2D eigenvalue weighted by molar-refractivity contribution is 6.05. The number of benzene rings is 1. The molecular weight excluding hydrogens is 452 g/mol. The quantitative estimate of drug-likeness (QED) is 0.537. The van der Waals surface area contributed by atoms with E-state index in [0.29, 0.717) is 11.4 Å². The van der Waals surface area contributed by atoms with E-state index in [9.17, 15) is 19.2 Å². The first-order chi connectivity index (χ1) is 16.7. The fraction of sp³-hybridized carbons (Fsp3) is 0.462. The Morgan fingerprint density at radius 2 is 1.83 bits per heavy atom. The van der Waals surface area contributed by atoms with Crippen LogP contribution in [0, 0.1) is 17.3 Å². The van der Waals surface area contributed by atoms with Gasteiger partial charge in [0.1, 0.15) is 11.8 Å². The number of amides is 2. The molecule has 0 radical (unpaired) electrons. The number of anilines is 1. The molecule has 0 aromatic heterocycles. The number of hydrogen-bond donors (Lipinski definition) is 1. The average molecular weight is 485 g/mol. The third kappa shape index (κ3) is 5.39. The summed E-state index contributed by atoms with van der Waals surface area (Å²) in [5, 5.41) is 2.87. The molecule has 1 aromatic rings. The second kappa shape index (κ2) is 10.8. The number of ketones is 1. The second-order valence-corrected chi connectivity index (χ2v) is 8.96. The van der Waals surface area contributed by atoms with Gasteiger partial charge in [-0.1, -0.05) is 19.9 Å². The van der Waals surface area contributed by atoms with Crippen LogP contribution in [0.5, 0.6) is 5.75 Å². The molecule has 1 aliphatic carbocycles. The van der Waals surface area contributed by atoms with E-state index >= 15 is 0 Å². The van der Waals surface area contributed by atoms with E-state index < -0.39 is 23.3 Å². The van der Waals surface area contributed by atoms with Crippen LogP contribution in [0.15, 0.2) is 48.3 Å². The Morgan fingerprint density at radius 3 is 2.40 bits per heavy atom. The lowest BCUT2D eigenvalue weighted by Gasteiger charge is -2.32. The lowest BCUT2D eigenvalue weighted by molar-refractivity contribution is -0.148. The van der Waals surface area contributed by atoms with E-state index in [1.807, 2.05) is 13.8 Å². The first kappa shape index (κ1) is 26.0. The minimum absolute atomic E-state index is 0.0970. The number of hydrogen-bond acceptors (Lipinski definition) is 7. The van der Waals surface area contributed by atoms with Crippen LogP contribution in [0.1, 0.15) is 27.2 Å². The predicted molar refractivity (Wildman–Crippen MR) is 128 cm³/mol. The molecule has 1 saturated heterocycles. The monoisotopic (exact) mass is 484 g/mol. The normalized spacial score (nSPS) is 22.3.